The minimum atomic E-state index is -3.45. The van der Waals surface area contributed by atoms with Gasteiger partial charge in [-0.3, -0.25) is 4.98 Å². The van der Waals surface area contributed by atoms with Crippen LogP contribution >= 0.6 is 0 Å². The van der Waals surface area contributed by atoms with Crippen molar-refractivity contribution in [3.63, 3.8) is 0 Å². The second kappa shape index (κ2) is 6.70. The monoisotopic (exact) mass is 271 g/mol. The van der Waals surface area contributed by atoms with Crippen molar-refractivity contribution in [2.75, 3.05) is 25.0 Å². The van der Waals surface area contributed by atoms with Crippen molar-refractivity contribution >= 4 is 15.7 Å². The van der Waals surface area contributed by atoms with E-state index in [1.807, 2.05) is 20.8 Å². The lowest BCUT2D eigenvalue weighted by Gasteiger charge is -2.20. The van der Waals surface area contributed by atoms with Gasteiger partial charge in [-0.15, -0.1) is 0 Å². The molecule has 0 amide bonds. The predicted octanol–water partition coefficient (Wildman–Crippen LogP) is 1.93. The Morgan fingerprint density at radius 3 is 2.50 bits per heavy atom. The van der Waals surface area contributed by atoms with Crippen molar-refractivity contribution in [2.45, 2.75) is 32.1 Å². The van der Waals surface area contributed by atoms with Gasteiger partial charge in [0.1, 0.15) is 4.90 Å². The van der Waals surface area contributed by atoms with Gasteiger partial charge in [0.25, 0.3) is 0 Å². The zero-order valence-electron chi connectivity index (χ0n) is 11.2. The Morgan fingerprint density at radius 1 is 1.28 bits per heavy atom. The zero-order valence-corrected chi connectivity index (χ0v) is 12.0. The molecule has 6 heteroatoms. The number of hydrogen-bond acceptors (Lipinski definition) is 4. The predicted molar refractivity (Wildman–Crippen MR) is 73.1 cm³/mol. The molecule has 0 radical (unpaired) electrons. The topological polar surface area (TPSA) is 62.3 Å². The Hall–Kier alpha value is -1.14. The van der Waals surface area contributed by atoms with E-state index in [0.717, 1.165) is 13.0 Å². The van der Waals surface area contributed by atoms with Crippen LogP contribution in [0.25, 0.3) is 0 Å². The quantitative estimate of drug-likeness (QED) is 0.823. The van der Waals surface area contributed by atoms with Gasteiger partial charge in [-0.2, -0.15) is 4.31 Å². The first kappa shape index (κ1) is 14.9. The highest BCUT2D eigenvalue weighted by atomic mass is 32.2. The molecule has 0 bridgehead atoms. The molecule has 1 aromatic rings. The van der Waals surface area contributed by atoms with E-state index in [0.29, 0.717) is 18.8 Å². The summed E-state index contributed by atoms with van der Waals surface area (Å²) in [5.41, 5.74) is 0.624. The lowest BCUT2D eigenvalue weighted by molar-refractivity contribution is 0.445. The highest BCUT2D eigenvalue weighted by Crippen LogP contribution is 2.23. The number of aromatic nitrogens is 1. The second-order valence-corrected chi connectivity index (χ2v) is 5.79. The first-order valence-electron chi connectivity index (χ1n) is 6.25. The fourth-order valence-corrected chi connectivity index (χ4v) is 3.26. The van der Waals surface area contributed by atoms with Crippen molar-refractivity contribution in [3.05, 3.63) is 18.5 Å². The number of pyridine rings is 1. The summed E-state index contributed by atoms with van der Waals surface area (Å²) in [6.07, 6.45) is 3.94. The summed E-state index contributed by atoms with van der Waals surface area (Å²) < 4.78 is 26.3. The number of nitrogens with zero attached hydrogens (tertiary/aromatic N) is 2. The molecule has 0 aliphatic rings. The zero-order chi connectivity index (χ0) is 13.6. The molecule has 1 heterocycles. The summed E-state index contributed by atoms with van der Waals surface area (Å²) in [5, 5.41) is 3.13. The maximum absolute atomic E-state index is 12.4. The summed E-state index contributed by atoms with van der Waals surface area (Å²) in [7, 11) is -3.45. The second-order valence-electron chi connectivity index (χ2n) is 3.89. The normalized spacial score (nSPS) is 11.8. The largest absolute Gasteiger partial charge is 0.384 e. The third-order valence-corrected chi connectivity index (χ3v) is 4.75. The Labute approximate surface area is 109 Å². The van der Waals surface area contributed by atoms with E-state index in [4.69, 9.17) is 0 Å². The van der Waals surface area contributed by atoms with E-state index in [1.54, 1.807) is 12.3 Å². The number of rotatable bonds is 7. The molecule has 102 valence electrons. The van der Waals surface area contributed by atoms with Gasteiger partial charge in [0.15, 0.2) is 0 Å². The number of nitrogens with one attached hydrogen (secondary N) is 1. The van der Waals surface area contributed by atoms with E-state index < -0.39 is 10.0 Å². The third-order valence-electron chi connectivity index (χ3n) is 2.67. The molecule has 1 aromatic heterocycles. The summed E-state index contributed by atoms with van der Waals surface area (Å²) in [6.45, 7) is 7.35. The van der Waals surface area contributed by atoms with Gasteiger partial charge in [0.2, 0.25) is 10.0 Å². The Bertz CT molecular complexity index is 470. The molecule has 0 aliphatic carbocycles. The molecule has 0 aromatic carbocycles. The first-order chi connectivity index (χ1) is 8.57. The minimum Gasteiger partial charge on any atom is -0.384 e. The van der Waals surface area contributed by atoms with Crippen molar-refractivity contribution in [3.8, 4) is 0 Å². The molecule has 0 atom stereocenters. The van der Waals surface area contributed by atoms with E-state index in [-0.39, 0.29) is 4.90 Å². The molecule has 0 saturated heterocycles. The van der Waals surface area contributed by atoms with Crippen molar-refractivity contribution < 1.29 is 8.42 Å². The fraction of sp³-hybridized carbons (Fsp3) is 0.583. The fourth-order valence-electron chi connectivity index (χ4n) is 1.69. The van der Waals surface area contributed by atoms with Crippen LogP contribution < -0.4 is 5.32 Å². The molecular formula is C12H21N3O2S. The SMILES string of the molecule is CCCNc1ccncc1S(=O)(=O)N(CC)CC. The summed E-state index contributed by atoms with van der Waals surface area (Å²) in [5.74, 6) is 0. The van der Waals surface area contributed by atoms with Crippen LogP contribution in [0, 0.1) is 0 Å². The van der Waals surface area contributed by atoms with E-state index in [1.165, 1.54) is 10.5 Å². The lowest BCUT2D eigenvalue weighted by atomic mass is 10.4. The van der Waals surface area contributed by atoms with E-state index in [2.05, 4.69) is 10.3 Å². The molecule has 0 aliphatic heterocycles. The lowest BCUT2D eigenvalue weighted by Crippen LogP contribution is -2.31. The van der Waals surface area contributed by atoms with Gasteiger partial charge in [-0.25, -0.2) is 8.42 Å². The molecule has 5 nitrogen and oxygen atoms in total. The summed E-state index contributed by atoms with van der Waals surface area (Å²) >= 11 is 0. The maximum atomic E-state index is 12.4. The molecule has 0 spiro atoms. The van der Waals surface area contributed by atoms with Crippen LogP contribution in [0.4, 0.5) is 5.69 Å². The van der Waals surface area contributed by atoms with Crippen LogP contribution in [0.2, 0.25) is 0 Å². The van der Waals surface area contributed by atoms with Gasteiger partial charge >= 0.3 is 0 Å². The van der Waals surface area contributed by atoms with Gasteiger partial charge in [0.05, 0.1) is 5.69 Å². The first-order valence-corrected chi connectivity index (χ1v) is 7.69. The average molecular weight is 271 g/mol. The Balaban J connectivity index is 3.15. The number of hydrogen-bond donors (Lipinski definition) is 1. The highest BCUT2D eigenvalue weighted by molar-refractivity contribution is 7.89. The molecule has 1 N–H and O–H groups in total. The molecular weight excluding hydrogens is 250 g/mol. The van der Waals surface area contributed by atoms with Gasteiger partial charge in [-0.1, -0.05) is 20.8 Å². The Kier molecular flexibility index (Phi) is 5.55. The molecule has 18 heavy (non-hydrogen) atoms. The van der Waals surface area contributed by atoms with Crippen LogP contribution in [-0.4, -0.2) is 37.3 Å². The van der Waals surface area contributed by atoms with E-state index in [9.17, 15) is 8.42 Å². The van der Waals surface area contributed by atoms with Crippen LogP contribution in [0.5, 0.6) is 0 Å². The van der Waals surface area contributed by atoms with Gasteiger partial charge in [-0.05, 0) is 12.5 Å². The maximum Gasteiger partial charge on any atom is 0.246 e. The molecule has 0 fully saturated rings. The summed E-state index contributed by atoms with van der Waals surface area (Å²) in [4.78, 5) is 4.18. The molecule has 1 rings (SSSR count). The van der Waals surface area contributed by atoms with Crippen molar-refractivity contribution in [2.24, 2.45) is 0 Å². The standard InChI is InChI=1S/C12H21N3O2S/c1-4-8-14-11-7-9-13-10-12(11)18(16,17)15(5-2)6-3/h7,9-10H,4-6,8H2,1-3H3,(H,13,14). The number of anilines is 1. The Morgan fingerprint density at radius 2 is 1.94 bits per heavy atom. The minimum absolute atomic E-state index is 0.252. The van der Waals surface area contributed by atoms with Crippen molar-refractivity contribution in [1.82, 2.24) is 9.29 Å². The smallest absolute Gasteiger partial charge is 0.246 e. The van der Waals surface area contributed by atoms with Gasteiger partial charge in [0, 0.05) is 32.0 Å². The highest BCUT2D eigenvalue weighted by Gasteiger charge is 2.24. The summed E-state index contributed by atoms with van der Waals surface area (Å²) in [6, 6.07) is 1.70. The van der Waals surface area contributed by atoms with Crippen molar-refractivity contribution in [1.29, 1.82) is 0 Å². The molecule has 0 unspecified atom stereocenters. The van der Waals surface area contributed by atoms with Gasteiger partial charge < -0.3 is 5.32 Å². The van der Waals surface area contributed by atoms with Crippen LogP contribution in [0.1, 0.15) is 27.2 Å². The van der Waals surface area contributed by atoms with E-state index >= 15 is 0 Å². The molecule has 0 saturated carbocycles. The van der Waals surface area contributed by atoms with Crippen LogP contribution in [-0.2, 0) is 10.0 Å². The third kappa shape index (κ3) is 3.20. The van der Waals surface area contributed by atoms with Crippen LogP contribution in [0.3, 0.4) is 0 Å². The van der Waals surface area contributed by atoms with Crippen LogP contribution in [0.15, 0.2) is 23.4 Å². The number of sulfonamides is 1. The average Bonchev–Trinajstić information content (AvgIpc) is 2.37.